The van der Waals surface area contributed by atoms with Crippen molar-refractivity contribution in [1.82, 2.24) is 0 Å². The molecule has 0 bridgehead atoms. The van der Waals surface area contributed by atoms with Crippen molar-refractivity contribution < 1.29 is 19.0 Å². The summed E-state index contributed by atoms with van der Waals surface area (Å²) in [6, 6.07) is 4.19. The summed E-state index contributed by atoms with van der Waals surface area (Å²) in [7, 11) is 0. The number of aryl methyl sites for hydroxylation is 1. The highest BCUT2D eigenvalue weighted by Crippen LogP contribution is 2.19. The number of halogens is 1. The second-order valence-corrected chi connectivity index (χ2v) is 4.03. The minimum Gasteiger partial charge on any atom is -0.478 e. The van der Waals surface area contributed by atoms with Crippen LogP contribution in [0.4, 0.5) is 4.39 Å². The molecule has 1 N–H and O–H groups in total. The number of benzene rings is 1. The molecule has 0 fully saturated rings. The van der Waals surface area contributed by atoms with E-state index in [0.717, 1.165) is 0 Å². The maximum absolute atomic E-state index is 13.0. The summed E-state index contributed by atoms with van der Waals surface area (Å²) in [5, 5.41) is 8.93. The predicted molar refractivity (Wildman–Crippen MR) is 58.0 cm³/mol. The first-order valence-electron chi connectivity index (χ1n) is 5.07. The lowest BCUT2D eigenvalue weighted by molar-refractivity contribution is -0.147. The lowest BCUT2D eigenvalue weighted by Crippen LogP contribution is -2.32. The Labute approximate surface area is 93.9 Å². The lowest BCUT2D eigenvalue weighted by Gasteiger charge is -2.18. The molecule has 0 aliphatic heterocycles. The van der Waals surface area contributed by atoms with Gasteiger partial charge in [-0.05, 0) is 30.7 Å². The molecule has 0 aliphatic rings. The van der Waals surface area contributed by atoms with E-state index >= 15 is 0 Å². The topological polar surface area (TPSA) is 46.5 Å². The van der Waals surface area contributed by atoms with Gasteiger partial charge in [0.25, 0.3) is 0 Å². The molecule has 0 spiro atoms. The van der Waals surface area contributed by atoms with Gasteiger partial charge in [-0.25, -0.2) is 9.18 Å². The van der Waals surface area contributed by atoms with Crippen LogP contribution >= 0.6 is 0 Å². The Morgan fingerprint density at radius 2 is 2.06 bits per heavy atom. The molecule has 0 aromatic heterocycles. The smallest absolute Gasteiger partial charge is 0.345 e. The van der Waals surface area contributed by atoms with Gasteiger partial charge in [-0.3, -0.25) is 0 Å². The van der Waals surface area contributed by atoms with Gasteiger partial charge in [-0.15, -0.1) is 0 Å². The second kappa shape index (κ2) is 4.96. The molecule has 1 atom stereocenters. The Balaban J connectivity index is 2.86. The van der Waals surface area contributed by atoms with Crippen molar-refractivity contribution in [2.24, 2.45) is 5.92 Å². The molecule has 4 heteroatoms. The average molecular weight is 226 g/mol. The third-order valence-electron chi connectivity index (χ3n) is 2.24. The molecule has 0 saturated heterocycles. The van der Waals surface area contributed by atoms with Crippen molar-refractivity contribution in [3.05, 3.63) is 29.6 Å². The molecule has 88 valence electrons. The minimum atomic E-state index is -1.02. The van der Waals surface area contributed by atoms with Gasteiger partial charge in [0.1, 0.15) is 11.6 Å². The number of hydrogen-bond donors (Lipinski definition) is 1. The first-order chi connectivity index (χ1) is 7.41. The molecule has 3 nitrogen and oxygen atoms in total. The standard InChI is InChI=1S/C12H15FO3/c1-7(2)11(12(14)15)16-9-4-5-10(13)8(3)6-9/h4-7,11H,1-3H3,(H,14,15). The Hall–Kier alpha value is -1.58. The van der Waals surface area contributed by atoms with E-state index in [-0.39, 0.29) is 11.7 Å². The van der Waals surface area contributed by atoms with Crippen molar-refractivity contribution >= 4 is 5.97 Å². The van der Waals surface area contributed by atoms with Gasteiger partial charge >= 0.3 is 5.97 Å². The number of aliphatic carboxylic acids is 1. The zero-order valence-electron chi connectivity index (χ0n) is 9.53. The number of rotatable bonds is 4. The number of carboxylic acid groups (broad SMARTS) is 1. The van der Waals surface area contributed by atoms with Gasteiger partial charge in [0, 0.05) is 5.92 Å². The molecule has 16 heavy (non-hydrogen) atoms. The van der Waals surface area contributed by atoms with E-state index in [9.17, 15) is 9.18 Å². The van der Waals surface area contributed by atoms with Crippen molar-refractivity contribution in [2.75, 3.05) is 0 Å². The zero-order valence-corrected chi connectivity index (χ0v) is 9.53. The SMILES string of the molecule is Cc1cc(OC(C(=O)O)C(C)C)ccc1F. The Bertz CT molecular complexity index is 388. The Morgan fingerprint density at radius 3 is 2.50 bits per heavy atom. The first kappa shape index (κ1) is 12.5. The molecule has 0 aliphatic carbocycles. The number of hydrogen-bond acceptors (Lipinski definition) is 2. The number of carbonyl (C=O) groups is 1. The lowest BCUT2D eigenvalue weighted by atomic mass is 10.1. The van der Waals surface area contributed by atoms with Crippen LogP contribution < -0.4 is 4.74 Å². The third-order valence-corrected chi connectivity index (χ3v) is 2.24. The summed E-state index contributed by atoms with van der Waals surface area (Å²) in [5.74, 6) is -1.12. The van der Waals surface area contributed by atoms with E-state index in [1.54, 1.807) is 20.8 Å². The van der Waals surface area contributed by atoms with E-state index in [1.165, 1.54) is 18.2 Å². The molecule has 1 rings (SSSR count). The molecule has 1 aromatic rings. The highest BCUT2D eigenvalue weighted by molar-refractivity contribution is 5.73. The fourth-order valence-corrected chi connectivity index (χ4v) is 1.31. The summed E-state index contributed by atoms with van der Waals surface area (Å²) < 4.78 is 18.3. The third kappa shape index (κ3) is 2.95. The summed E-state index contributed by atoms with van der Waals surface area (Å²) in [4.78, 5) is 10.9. The van der Waals surface area contributed by atoms with Crippen LogP contribution in [0.5, 0.6) is 5.75 Å². The van der Waals surface area contributed by atoms with Crippen molar-refractivity contribution in [2.45, 2.75) is 26.9 Å². The van der Waals surface area contributed by atoms with Crippen LogP contribution in [0.2, 0.25) is 0 Å². The predicted octanol–water partition coefficient (Wildman–Crippen LogP) is 2.62. The number of carboxylic acids is 1. The fraction of sp³-hybridized carbons (Fsp3) is 0.417. The van der Waals surface area contributed by atoms with Gasteiger partial charge < -0.3 is 9.84 Å². The van der Waals surface area contributed by atoms with Gasteiger partial charge in [-0.2, -0.15) is 0 Å². The number of ether oxygens (including phenoxy) is 1. The Kier molecular flexibility index (Phi) is 3.88. The minimum absolute atomic E-state index is 0.150. The van der Waals surface area contributed by atoms with Crippen LogP contribution in [-0.2, 0) is 4.79 Å². The Morgan fingerprint density at radius 1 is 1.44 bits per heavy atom. The van der Waals surface area contributed by atoms with Crippen LogP contribution in [-0.4, -0.2) is 17.2 Å². The van der Waals surface area contributed by atoms with Gasteiger partial charge in [-0.1, -0.05) is 13.8 Å². The maximum atomic E-state index is 13.0. The van der Waals surface area contributed by atoms with E-state index in [0.29, 0.717) is 11.3 Å². The van der Waals surface area contributed by atoms with Crippen LogP contribution in [0, 0.1) is 18.7 Å². The molecular weight excluding hydrogens is 211 g/mol. The maximum Gasteiger partial charge on any atom is 0.345 e. The van der Waals surface area contributed by atoms with E-state index in [1.807, 2.05) is 0 Å². The largest absolute Gasteiger partial charge is 0.478 e. The van der Waals surface area contributed by atoms with Gasteiger partial charge in [0.2, 0.25) is 0 Å². The molecule has 0 radical (unpaired) electrons. The zero-order chi connectivity index (χ0) is 12.3. The molecule has 1 unspecified atom stereocenters. The van der Waals surface area contributed by atoms with E-state index in [4.69, 9.17) is 9.84 Å². The van der Waals surface area contributed by atoms with E-state index in [2.05, 4.69) is 0 Å². The monoisotopic (exact) mass is 226 g/mol. The molecule has 0 saturated carbocycles. The molecule has 0 amide bonds. The quantitative estimate of drug-likeness (QED) is 0.858. The van der Waals surface area contributed by atoms with Crippen LogP contribution in [0.25, 0.3) is 0 Å². The fourth-order valence-electron chi connectivity index (χ4n) is 1.31. The second-order valence-electron chi connectivity index (χ2n) is 4.03. The summed E-state index contributed by atoms with van der Waals surface area (Å²) >= 11 is 0. The van der Waals surface area contributed by atoms with E-state index < -0.39 is 12.1 Å². The highest BCUT2D eigenvalue weighted by Gasteiger charge is 2.23. The van der Waals surface area contributed by atoms with Crippen LogP contribution in [0.3, 0.4) is 0 Å². The van der Waals surface area contributed by atoms with Gasteiger partial charge in [0.15, 0.2) is 6.10 Å². The highest BCUT2D eigenvalue weighted by atomic mass is 19.1. The molecular formula is C12H15FO3. The average Bonchev–Trinajstić information content (AvgIpc) is 2.18. The summed E-state index contributed by atoms with van der Waals surface area (Å²) in [6.07, 6.45) is -0.912. The normalized spacial score (nSPS) is 12.6. The van der Waals surface area contributed by atoms with Crippen LogP contribution in [0.15, 0.2) is 18.2 Å². The summed E-state index contributed by atoms with van der Waals surface area (Å²) in [5.41, 5.74) is 0.436. The van der Waals surface area contributed by atoms with Gasteiger partial charge in [0.05, 0.1) is 0 Å². The molecule has 1 aromatic carbocycles. The summed E-state index contributed by atoms with van der Waals surface area (Å²) in [6.45, 7) is 5.12. The van der Waals surface area contributed by atoms with Crippen molar-refractivity contribution in [3.63, 3.8) is 0 Å². The first-order valence-corrected chi connectivity index (χ1v) is 5.07. The van der Waals surface area contributed by atoms with Crippen molar-refractivity contribution in [1.29, 1.82) is 0 Å². The molecule has 0 heterocycles. The van der Waals surface area contributed by atoms with Crippen LogP contribution in [0.1, 0.15) is 19.4 Å². The van der Waals surface area contributed by atoms with Crippen molar-refractivity contribution in [3.8, 4) is 5.75 Å².